The van der Waals surface area contributed by atoms with Crippen molar-refractivity contribution in [2.24, 2.45) is 18.9 Å². The number of rotatable bonds is 5. The monoisotopic (exact) mass is 240 g/mol. The molecule has 0 aliphatic heterocycles. The second kappa shape index (κ2) is 5.82. The van der Waals surface area contributed by atoms with Crippen molar-refractivity contribution in [2.45, 2.75) is 26.9 Å². The van der Waals surface area contributed by atoms with Crippen LogP contribution in [0.15, 0.2) is 12.4 Å². The van der Waals surface area contributed by atoms with Crippen LogP contribution in [0.2, 0.25) is 0 Å². The van der Waals surface area contributed by atoms with Crippen molar-refractivity contribution >= 4 is 5.97 Å². The van der Waals surface area contributed by atoms with Crippen LogP contribution in [-0.2, 0) is 16.6 Å². The Hall–Kier alpha value is -1.36. The minimum absolute atomic E-state index is 0.00394. The molecule has 2 unspecified atom stereocenters. The fraction of sp³-hybridized carbons (Fsp3) is 0.667. The van der Waals surface area contributed by atoms with Crippen molar-refractivity contribution in [3.63, 3.8) is 0 Å². The summed E-state index contributed by atoms with van der Waals surface area (Å²) in [4.78, 5) is 11.8. The minimum Gasteiger partial charge on any atom is -0.466 e. The lowest BCUT2D eigenvalue weighted by Gasteiger charge is -2.23. The first-order valence-corrected chi connectivity index (χ1v) is 5.80. The van der Waals surface area contributed by atoms with Crippen LogP contribution in [0.4, 0.5) is 0 Å². The molecule has 0 aliphatic rings. The Morgan fingerprint density at radius 3 is 2.65 bits per heavy atom. The van der Waals surface area contributed by atoms with Gasteiger partial charge in [-0.15, -0.1) is 0 Å². The summed E-state index contributed by atoms with van der Waals surface area (Å²) in [6.45, 7) is 5.86. The Bertz CT molecular complexity index is 374. The molecule has 5 nitrogen and oxygen atoms in total. The van der Waals surface area contributed by atoms with Gasteiger partial charge < -0.3 is 9.84 Å². The lowest BCUT2D eigenvalue weighted by Crippen LogP contribution is -2.29. The first kappa shape index (κ1) is 13.7. The van der Waals surface area contributed by atoms with Crippen LogP contribution < -0.4 is 0 Å². The number of esters is 1. The van der Waals surface area contributed by atoms with E-state index in [1.54, 1.807) is 31.0 Å². The van der Waals surface area contributed by atoms with Crippen molar-refractivity contribution in [1.82, 2.24) is 9.78 Å². The van der Waals surface area contributed by atoms with E-state index < -0.39 is 12.0 Å². The molecule has 0 aromatic carbocycles. The van der Waals surface area contributed by atoms with Gasteiger partial charge in [-0.1, -0.05) is 13.8 Å². The lowest BCUT2D eigenvalue weighted by atomic mass is 9.87. The zero-order valence-corrected chi connectivity index (χ0v) is 10.8. The highest BCUT2D eigenvalue weighted by molar-refractivity contribution is 5.73. The topological polar surface area (TPSA) is 64.3 Å². The number of hydrogen-bond donors (Lipinski definition) is 1. The van der Waals surface area contributed by atoms with Gasteiger partial charge in [-0.05, 0) is 12.8 Å². The first-order chi connectivity index (χ1) is 7.97. The normalized spacial score (nSPS) is 14.7. The lowest BCUT2D eigenvalue weighted by molar-refractivity contribution is -0.154. The van der Waals surface area contributed by atoms with E-state index in [1.807, 2.05) is 13.8 Å². The SMILES string of the molecule is CCOC(=O)C(C(C)C)C(O)c1cnn(C)c1. The second-order valence-electron chi connectivity index (χ2n) is 4.41. The van der Waals surface area contributed by atoms with Gasteiger partial charge in [0.2, 0.25) is 0 Å². The van der Waals surface area contributed by atoms with E-state index in [4.69, 9.17) is 4.74 Å². The Kier molecular flexibility index (Phi) is 4.69. The van der Waals surface area contributed by atoms with E-state index in [0.717, 1.165) is 0 Å². The number of carbonyl (C=O) groups excluding carboxylic acids is 1. The molecule has 0 saturated carbocycles. The van der Waals surface area contributed by atoms with Gasteiger partial charge in [-0.3, -0.25) is 9.48 Å². The quantitative estimate of drug-likeness (QED) is 0.788. The van der Waals surface area contributed by atoms with Gasteiger partial charge >= 0.3 is 5.97 Å². The standard InChI is InChI=1S/C12H20N2O3/c1-5-17-12(16)10(8(2)3)11(15)9-6-13-14(4)7-9/h6-8,10-11,15H,5H2,1-4H3. The molecule has 0 amide bonds. The molecule has 1 aromatic heterocycles. The predicted molar refractivity (Wildman–Crippen MR) is 63.1 cm³/mol. The molecule has 0 bridgehead atoms. The van der Waals surface area contributed by atoms with Gasteiger partial charge in [0.05, 0.1) is 24.8 Å². The zero-order valence-electron chi connectivity index (χ0n) is 10.8. The van der Waals surface area contributed by atoms with E-state index in [2.05, 4.69) is 5.10 Å². The number of aryl methyl sites for hydroxylation is 1. The third-order valence-corrected chi connectivity index (χ3v) is 2.68. The van der Waals surface area contributed by atoms with Crippen molar-refractivity contribution in [2.75, 3.05) is 6.61 Å². The van der Waals surface area contributed by atoms with Crippen LogP contribution in [0.3, 0.4) is 0 Å². The highest BCUT2D eigenvalue weighted by Crippen LogP contribution is 2.28. The average molecular weight is 240 g/mol. The summed E-state index contributed by atoms with van der Waals surface area (Å²) in [5.41, 5.74) is 0.638. The summed E-state index contributed by atoms with van der Waals surface area (Å²) in [5, 5.41) is 14.2. The number of nitrogens with zero attached hydrogens (tertiary/aromatic N) is 2. The minimum atomic E-state index is -0.872. The molecular weight excluding hydrogens is 220 g/mol. The Morgan fingerprint density at radius 1 is 1.59 bits per heavy atom. The van der Waals surface area contributed by atoms with Crippen LogP contribution in [-0.4, -0.2) is 27.5 Å². The summed E-state index contributed by atoms with van der Waals surface area (Å²) in [5.74, 6) is -0.915. The Morgan fingerprint density at radius 2 is 2.24 bits per heavy atom. The molecule has 96 valence electrons. The molecule has 2 atom stereocenters. The highest BCUT2D eigenvalue weighted by Gasteiger charge is 2.32. The summed E-state index contributed by atoms with van der Waals surface area (Å²) < 4.78 is 6.59. The van der Waals surface area contributed by atoms with Gasteiger partial charge in [0.15, 0.2) is 0 Å². The van der Waals surface area contributed by atoms with Crippen molar-refractivity contribution in [3.8, 4) is 0 Å². The molecular formula is C12H20N2O3. The molecule has 0 radical (unpaired) electrons. The van der Waals surface area contributed by atoms with E-state index in [1.165, 1.54) is 0 Å². The predicted octanol–water partition coefficient (Wildman–Crippen LogP) is 1.29. The molecule has 5 heteroatoms. The first-order valence-electron chi connectivity index (χ1n) is 5.80. The van der Waals surface area contributed by atoms with Crippen LogP contribution in [0.25, 0.3) is 0 Å². The van der Waals surface area contributed by atoms with Crippen molar-refractivity contribution in [1.29, 1.82) is 0 Å². The summed E-state index contributed by atoms with van der Waals surface area (Å²) in [6.07, 6.45) is 2.40. The Labute approximate surface area is 101 Å². The summed E-state index contributed by atoms with van der Waals surface area (Å²) in [7, 11) is 1.77. The van der Waals surface area contributed by atoms with Crippen LogP contribution >= 0.6 is 0 Å². The van der Waals surface area contributed by atoms with E-state index >= 15 is 0 Å². The molecule has 0 spiro atoms. The largest absolute Gasteiger partial charge is 0.466 e. The molecule has 1 heterocycles. The third-order valence-electron chi connectivity index (χ3n) is 2.68. The van der Waals surface area contributed by atoms with E-state index in [0.29, 0.717) is 12.2 Å². The van der Waals surface area contributed by atoms with Gasteiger partial charge in [-0.25, -0.2) is 0 Å². The average Bonchev–Trinajstić information content (AvgIpc) is 2.64. The smallest absolute Gasteiger partial charge is 0.312 e. The number of aliphatic hydroxyl groups excluding tert-OH is 1. The molecule has 17 heavy (non-hydrogen) atoms. The molecule has 1 aromatic rings. The van der Waals surface area contributed by atoms with E-state index in [-0.39, 0.29) is 11.9 Å². The summed E-state index contributed by atoms with van der Waals surface area (Å²) in [6, 6.07) is 0. The highest BCUT2D eigenvalue weighted by atomic mass is 16.5. The van der Waals surface area contributed by atoms with E-state index in [9.17, 15) is 9.90 Å². The van der Waals surface area contributed by atoms with Gasteiger partial charge in [-0.2, -0.15) is 5.10 Å². The zero-order chi connectivity index (χ0) is 13.0. The van der Waals surface area contributed by atoms with Gasteiger partial charge in [0.1, 0.15) is 0 Å². The number of carbonyl (C=O) groups is 1. The molecule has 1 N–H and O–H groups in total. The molecule has 0 saturated heterocycles. The maximum atomic E-state index is 11.8. The molecule has 0 aliphatic carbocycles. The number of hydrogen-bond acceptors (Lipinski definition) is 4. The number of aliphatic hydroxyl groups is 1. The van der Waals surface area contributed by atoms with Gasteiger partial charge in [0, 0.05) is 18.8 Å². The fourth-order valence-electron chi connectivity index (χ4n) is 1.80. The Balaban J connectivity index is 2.87. The van der Waals surface area contributed by atoms with Gasteiger partial charge in [0.25, 0.3) is 0 Å². The second-order valence-corrected chi connectivity index (χ2v) is 4.41. The maximum Gasteiger partial charge on any atom is 0.312 e. The number of aromatic nitrogens is 2. The third kappa shape index (κ3) is 3.30. The van der Waals surface area contributed by atoms with Crippen molar-refractivity contribution in [3.05, 3.63) is 18.0 Å². The summed E-state index contributed by atoms with van der Waals surface area (Å²) >= 11 is 0. The maximum absolute atomic E-state index is 11.8. The van der Waals surface area contributed by atoms with Crippen LogP contribution in [0, 0.1) is 11.8 Å². The van der Waals surface area contributed by atoms with Crippen molar-refractivity contribution < 1.29 is 14.6 Å². The molecule has 0 fully saturated rings. The molecule has 1 rings (SSSR count). The number of ether oxygens (including phenoxy) is 1. The fourth-order valence-corrected chi connectivity index (χ4v) is 1.80. The van der Waals surface area contributed by atoms with Crippen LogP contribution in [0.5, 0.6) is 0 Å². The van der Waals surface area contributed by atoms with Crippen LogP contribution in [0.1, 0.15) is 32.4 Å².